The van der Waals surface area contributed by atoms with E-state index in [-0.39, 0.29) is 11.9 Å². The number of nitrogens with one attached hydrogen (secondary N) is 1. The van der Waals surface area contributed by atoms with Gasteiger partial charge < -0.3 is 10.4 Å². The molecular formula is C24H22ClFN4O. The molecule has 1 atom stereocenters. The number of fused-ring (bicyclic) bond motifs is 1. The van der Waals surface area contributed by atoms with E-state index in [2.05, 4.69) is 20.3 Å². The van der Waals surface area contributed by atoms with Crippen molar-refractivity contribution in [1.29, 1.82) is 0 Å². The van der Waals surface area contributed by atoms with Crippen molar-refractivity contribution in [2.24, 2.45) is 0 Å². The highest BCUT2D eigenvalue weighted by atomic mass is 35.5. The van der Waals surface area contributed by atoms with Crippen LogP contribution in [-0.2, 0) is 5.60 Å². The van der Waals surface area contributed by atoms with E-state index in [1.807, 2.05) is 31.2 Å². The van der Waals surface area contributed by atoms with Crippen LogP contribution in [0.4, 0.5) is 10.1 Å². The van der Waals surface area contributed by atoms with E-state index in [4.69, 9.17) is 11.6 Å². The lowest BCUT2D eigenvalue weighted by atomic mass is 10.0. The van der Waals surface area contributed by atoms with Crippen LogP contribution in [0.5, 0.6) is 0 Å². The lowest BCUT2D eigenvalue weighted by Gasteiger charge is -2.20. The fraction of sp³-hybridized carbons (Fsp3) is 0.208. The van der Waals surface area contributed by atoms with Gasteiger partial charge in [0.25, 0.3) is 0 Å². The third-order valence-electron chi connectivity index (χ3n) is 5.08. The molecule has 0 aliphatic carbocycles. The van der Waals surface area contributed by atoms with Gasteiger partial charge in [-0.15, -0.1) is 0 Å². The van der Waals surface area contributed by atoms with Gasteiger partial charge in [0.2, 0.25) is 0 Å². The summed E-state index contributed by atoms with van der Waals surface area (Å²) in [4.78, 5) is 12.8. The molecule has 0 spiro atoms. The third-order valence-corrected chi connectivity index (χ3v) is 5.37. The highest BCUT2D eigenvalue weighted by molar-refractivity contribution is 6.34. The first-order chi connectivity index (χ1) is 14.7. The average molecular weight is 437 g/mol. The Bertz CT molecular complexity index is 1240. The third kappa shape index (κ3) is 4.36. The van der Waals surface area contributed by atoms with Crippen LogP contribution < -0.4 is 5.32 Å². The molecule has 7 heteroatoms. The molecule has 0 fully saturated rings. The molecule has 0 radical (unpaired) electrons. The zero-order valence-corrected chi connectivity index (χ0v) is 18.2. The maximum absolute atomic E-state index is 14.7. The summed E-state index contributed by atoms with van der Waals surface area (Å²) < 4.78 is 14.7. The Morgan fingerprint density at radius 2 is 1.71 bits per heavy atom. The van der Waals surface area contributed by atoms with Crippen LogP contribution in [0.2, 0.25) is 5.02 Å². The molecule has 4 rings (SSSR count). The number of benzene rings is 2. The molecule has 2 heterocycles. The Hall–Kier alpha value is -3.09. The zero-order chi connectivity index (χ0) is 22.2. The van der Waals surface area contributed by atoms with E-state index in [1.165, 1.54) is 6.07 Å². The second-order valence-electron chi connectivity index (χ2n) is 7.95. The molecule has 31 heavy (non-hydrogen) atoms. The smallest absolute Gasteiger partial charge is 0.159 e. The van der Waals surface area contributed by atoms with Crippen LogP contribution in [0.25, 0.3) is 22.0 Å². The molecule has 0 bridgehead atoms. The number of rotatable bonds is 5. The van der Waals surface area contributed by atoms with E-state index >= 15 is 0 Å². The van der Waals surface area contributed by atoms with Crippen LogP contribution in [0.15, 0.2) is 61.1 Å². The van der Waals surface area contributed by atoms with Crippen molar-refractivity contribution in [2.75, 3.05) is 5.32 Å². The first-order valence-corrected chi connectivity index (χ1v) is 10.3. The van der Waals surface area contributed by atoms with Gasteiger partial charge in [-0.25, -0.2) is 14.4 Å². The highest BCUT2D eigenvalue weighted by Gasteiger charge is 2.20. The van der Waals surface area contributed by atoms with Gasteiger partial charge in [0.05, 0.1) is 22.3 Å². The van der Waals surface area contributed by atoms with Gasteiger partial charge in [0.1, 0.15) is 11.4 Å². The Balaban J connectivity index is 1.67. The molecule has 0 saturated carbocycles. The summed E-state index contributed by atoms with van der Waals surface area (Å²) in [7, 11) is 0. The van der Waals surface area contributed by atoms with Crippen molar-refractivity contribution < 1.29 is 9.50 Å². The second kappa shape index (κ2) is 8.21. The summed E-state index contributed by atoms with van der Waals surface area (Å²) >= 11 is 6.40. The normalized spacial score (nSPS) is 12.7. The molecule has 0 aliphatic heterocycles. The monoisotopic (exact) mass is 436 g/mol. The Kier molecular flexibility index (Phi) is 5.60. The predicted octanol–water partition coefficient (Wildman–Crippen LogP) is 5.88. The van der Waals surface area contributed by atoms with Crippen LogP contribution >= 0.6 is 11.6 Å². The minimum Gasteiger partial charge on any atom is -0.382 e. The first-order valence-electron chi connectivity index (χ1n) is 9.88. The van der Waals surface area contributed by atoms with E-state index in [9.17, 15) is 9.50 Å². The van der Waals surface area contributed by atoms with Gasteiger partial charge in [0.15, 0.2) is 5.82 Å². The minimum atomic E-state index is -1.13. The molecule has 2 N–H and O–H groups in total. The number of aliphatic hydroxyl groups is 1. The summed E-state index contributed by atoms with van der Waals surface area (Å²) in [6.45, 7) is 5.13. The summed E-state index contributed by atoms with van der Waals surface area (Å²) in [6.07, 6.45) is 4.85. The number of para-hydroxylation sites is 1. The first kappa shape index (κ1) is 21.2. The van der Waals surface area contributed by atoms with Crippen LogP contribution in [0, 0.1) is 5.82 Å². The van der Waals surface area contributed by atoms with E-state index < -0.39 is 5.60 Å². The number of halogens is 2. The fourth-order valence-electron chi connectivity index (χ4n) is 3.41. The maximum Gasteiger partial charge on any atom is 0.159 e. The summed E-state index contributed by atoms with van der Waals surface area (Å²) in [6, 6.07) is 12.2. The zero-order valence-electron chi connectivity index (χ0n) is 17.4. The largest absolute Gasteiger partial charge is 0.382 e. The van der Waals surface area contributed by atoms with E-state index in [0.29, 0.717) is 22.1 Å². The summed E-state index contributed by atoms with van der Waals surface area (Å²) in [5.41, 5.74) is 2.38. The topological polar surface area (TPSA) is 70.9 Å². The van der Waals surface area contributed by atoms with Gasteiger partial charge >= 0.3 is 0 Å². The standard InChI is InChI=1S/C24H22ClFN4O/c1-14(30-22-17-6-4-5-7-21(17)27-13-19(22)25)18-10-15(8-9-20(18)26)16-11-28-23(29-12-16)24(2,3)31/h4-14,31H,1-3H3,(H,27,30)/t14-/m1/s1. The molecule has 2 aromatic carbocycles. The molecular weight excluding hydrogens is 415 g/mol. The lowest BCUT2D eigenvalue weighted by molar-refractivity contribution is 0.0687. The SMILES string of the molecule is C[C@@H](Nc1c(Cl)cnc2ccccc12)c1cc(-c2cnc(C(C)(C)O)nc2)ccc1F. The Morgan fingerprint density at radius 3 is 2.42 bits per heavy atom. The maximum atomic E-state index is 14.7. The van der Waals surface area contributed by atoms with Gasteiger partial charge in [0, 0.05) is 35.1 Å². The minimum absolute atomic E-state index is 0.327. The van der Waals surface area contributed by atoms with Crippen molar-refractivity contribution in [3.8, 4) is 11.1 Å². The van der Waals surface area contributed by atoms with Gasteiger partial charge in [-0.1, -0.05) is 35.9 Å². The predicted molar refractivity (Wildman–Crippen MR) is 121 cm³/mol. The van der Waals surface area contributed by atoms with Crippen molar-refractivity contribution in [3.63, 3.8) is 0 Å². The number of anilines is 1. The summed E-state index contributed by atoms with van der Waals surface area (Å²) in [5, 5.41) is 14.7. The molecule has 2 aromatic heterocycles. The Labute approximate surface area is 185 Å². The number of pyridine rings is 1. The second-order valence-corrected chi connectivity index (χ2v) is 8.36. The van der Waals surface area contributed by atoms with Crippen LogP contribution in [-0.4, -0.2) is 20.1 Å². The quantitative estimate of drug-likeness (QED) is 0.408. The Morgan fingerprint density at radius 1 is 1.00 bits per heavy atom. The van der Waals surface area contributed by atoms with Gasteiger partial charge in [-0.2, -0.15) is 0 Å². The molecule has 0 aliphatic rings. The molecule has 158 valence electrons. The number of aromatic nitrogens is 3. The average Bonchev–Trinajstić information content (AvgIpc) is 2.75. The molecule has 4 aromatic rings. The van der Waals surface area contributed by atoms with Crippen LogP contribution in [0.1, 0.15) is 38.2 Å². The van der Waals surface area contributed by atoms with Gasteiger partial charge in [-0.05, 0) is 44.5 Å². The number of nitrogens with zero attached hydrogens (tertiary/aromatic N) is 3. The number of hydrogen-bond donors (Lipinski definition) is 2. The van der Waals surface area contributed by atoms with E-state index in [0.717, 1.165) is 22.0 Å². The molecule has 0 unspecified atom stereocenters. The highest BCUT2D eigenvalue weighted by Crippen LogP contribution is 2.34. The fourth-order valence-corrected chi connectivity index (χ4v) is 3.61. The van der Waals surface area contributed by atoms with Crippen molar-refractivity contribution in [2.45, 2.75) is 32.4 Å². The number of hydrogen-bond acceptors (Lipinski definition) is 5. The van der Waals surface area contributed by atoms with Crippen molar-refractivity contribution >= 4 is 28.2 Å². The van der Waals surface area contributed by atoms with Crippen molar-refractivity contribution in [3.05, 3.63) is 83.3 Å². The van der Waals surface area contributed by atoms with Crippen LogP contribution in [0.3, 0.4) is 0 Å². The molecule has 0 saturated heterocycles. The lowest BCUT2D eigenvalue weighted by Crippen LogP contribution is -2.19. The molecule has 0 amide bonds. The molecule has 5 nitrogen and oxygen atoms in total. The van der Waals surface area contributed by atoms with E-state index in [1.54, 1.807) is 44.6 Å². The summed E-state index contributed by atoms with van der Waals surface area (Å²) in [5.74, 6) is 0.0000844. The van der Waals surface area contributed by atoms with Crippen molar-refractivity contribution in [1.82, 2.24) is 15.0 Å². The van der Waals surface area contributed by atoms with Gasteiger partial charge in [-0.3, -0.25) is 4.98 Å².